The van der Waals surface area contributed by atoms with Crippen molar-refractivity contribution in [3.05, 3.63) is 59.4 Å². The van der Waals surface area contributed by atoms with Gasteiger partial charge >= 0.3 is 0 Å². The maximum Gasteiger partial charge on any atom is 0.251 e. The standard InChI is InChI=1S/C23H27FN2O4/c1-29-20-9-7-17(15-21(20)30-2)23(28)25-18-11-13-26(14-12-18)22(27)10-8-16-5-3-4-6-19(16)24/h3-7,9,15,18H,8,10-14H2,1-2H3,(H,25,28). The van der Waals surface area contributed by atoms with Crippen molar-refractivity contribution in [3.63, 3.8) is 0 Å². The number of nitrogens with one attached hydrogen (secondary N) is 1. The van der Waals surface area contributed by atoms with Gasteiger partial charge in [0.2, 0.25) is 5.91 Å². The lowest BCUT2D eigenvalue weighted by Gasteiger charge is -2.32. The minimum atomic E-state index is -0.276. The van der Waals surface area contributed by atoms with Gasteiger partial charge in [0.25, 0.3) is 5.91 Å². The molecule has 1 heterocycles. The first-order chi connectivity index (χ1) is 14.5. The van der Waals surface area contributed by atoms with E-state index in [1.807, 2.05) is 0 Å². The van der Waals surface area contributed by atoms with Crippen molar-refractivity contribution in [2.45, 2.75) is 31.7 Å². The highest BCUT2D eigenvalue weighted by Gasteiger charge is 2.24. The maximum absolute atomic E-state index is 13.7. The van der Waals surface area contributed by atoms with Gasteiger partial charge in [-0.15, -0.1) is 0 Å². The zero-order chi connectivity index (χ0) is 21.5. The molecule has 0 atom stereocenters. The lowest BCUT2D eigenvalue weighted by molar-refractivity contribution is -0.132. The lowest BCUT2D eigenvalue weighted by Crippen LogP contribution is -2.46. The van der Waals surface area contributed by atoms with E-state index < -0.39 is 0 Å². The average molecular weight is 414 g/mol. The van der Waals surface area contributed by atoms with Crippen LogP contribution in [0.25, 0.3) is 0 Å². The molecule has 3 rings (SSSR count). The molecular formula is C23H27FN2O4. The summed E-state index contributed by atoms with van der Waals surface area (Å²) < 4.78 is 24.1. The van der Waals surface area contributed by atoms with Crippen LogP contribution < -0.4 is 14.8 Å². The molecule has 0 bridgehead atoms. The van der Waals surface area contributed by atoms with Crippen LogP contribution in [0.3, 0.4) is 0 Å². The molecule has 1 N–H and O–H groups in total. The number of methoxy groups -OCH3 is 2. The Hall–Kier alpha value is -3.09. The van der Waals surface area contributed by atoms with Gasteiger partial charge in [-0.2, -0.15) is 0 Å². The van der Waals surface area contributed by atoms with Crippen LogP contribution in [-0.2, 0) is 11.2 Å². The molecule has 160 valence electrons. The number of aryl methyl sites for hydroxylation is 1. The first kappa shape index (κ1) is 21.6. The second-order valence-electron chi connectivity index (χ2n) is 7.29. The predicted octanol–water partition coefficient (Wildman–Crippen LogP) is 3.20. The summed E-state index contributed by atoms with van der Waals surface area (Å²) in [7, 11) is 3.07. The van der Waals surface area contributed by atoms with Crippen LogP contribution in [0.4, 0.5) is 4.39 Å². The molecule has 1 aliphatic rings. The van der Waals surface area contributed by atoms with E-state index in [2.05, 4.69) is 5.32 Å². The molecule has 30 heavy (non-hydrogen) atoms. The van der Waals surface area contributed by atoms with Gasteiger partial charge in [0.05, 0.1) is 14.2 Å². The highest BCUT2D eigenvalue weighted by Crippen LogP contribution is 2.27. The first-order valence-electron chi connectivity index (χ1n) is 10.1. The minimum Gasteiger partial charge on any atom is -0.493 e. The zero-order valence-electron chi connectivity index (χ0n) is 17.3. The Morgan fingerprint density at radius 3 is 2.43 bits per heavy atom. The molecule has 2 aromatic rings. The molecule has 0 unspecified atom stereocenters. The Morgan fingerprint density at radius 1 is 1.07 bits per heavy atom. The number of hydrogen-bond donors (Lipinski definition) is 1. The number of piperidine rings is 1. The molecule has 6 nitrogen and oxygen atoms in total. The second kappa shape index (κ2) is 10.1. The zero-order valence-corrected chi connectivity index (χ0v) is 17.3. The van der Waals surface area contributed by atoms with Crippen molar-refractivity contribution < 1.29 is 23.5 Å². The number of hydrogen-bond acceptors (Lipinski definition) is 4. The van der Waals surface area contributed by atoms with Gasteiger partial charge in [0.15, 0.2) is 11.5 Å². The molecule has 0 aliphatic carbocycles. The van der Waals surface area contributed by atoms with Crippen LogP contribution in [-0.4, -0.2) is 50.1 Å². The van der Waals surface area contributed by atoms with Crippen molar-refractivity contribution >= 4 is 11.8 Å². The van der Waals surface area contributed by atoms with Gasteiger partial charge in [0.1, 0.15) is 5.82 Å². The third-order valence-electron chi connectivity index (χ3n) is 5.39. The number of halogens is 1. The number of amides is 2. The molecule has 7 heteroatoms. The smallest absolute Gasteiger partial charge is 0.251 e. The van der Waals surface area contributed by atoms with Crippen molar-refractivity contribution in [2.24, 2.45) is 0 Å². The Bertz CT molecular complexity index is 895. The maximum atomic E-state index is 13.7. The monoisotopic (exact) mass is 414 g/mol. The van der Waals surface area contributed by atoms with E-state index in [1.54, 1.807) is 48.4 Å². The topological polar surface area (TPSA) is 67.9 Å². The fourth-order valence-corrected chi connectivity index (χ4v) is 3.62. The van der Waals surface area contributed by atoms with Crippen molar-refractivity contribution in [1.82, 2.24) is 10.2 Å². The molecule has 1 saturated heterocycles. The van der Waals surface area contributed by atoms with Crippen molar-refractivity contribution in [3.8, 4) is 11.5 Å². The SMILES string of the molecule is COc1ccc(C(=O)NC2CCN(C(=O)CCc3ccccc3F)CC2)cc1OC. The Kier molecular flexibility index (Phi) is 7.27. The first-order valence-corrected chi connectivity index (χ1v) is 10.1. The van der Waals surface area contributed by atoms with E-state index in [9.17, 15) is 14.0 Å². The fraction of sp³-hybridized carbons (Fsp3) is 0.391. The third kappa shape index (κ3) is 5.28. The number of likely N-dealkylation sites (tertiary alicyclic amines) is 1. The van der Waals surface area contributed by atoms with E-state index in [-0.39, 0.29) is 30.1 Å². The van der Waals surface area contributed by atoms with E-state index in [0.29, 0.717) is 55.0 Å². The molecule has 2 aromatic carbocycles. The minimum absolute atomic E-state index is 0.00112. The molecule has 0 spiro atoms. The molecule has 0 saturated carbocycles. The van der Waals surface area contributed by atoms with Crippen LogP contribution in [0, 0.1) is 5.82 Å². The number of benzene rings is 2. The summed E-state index contributed by atoms with van der Waals surface area (Å²) in [6.07, 6.45) is 2.04. The van der Waals surface area contributed by atoms with Gasteiger partial charge < -0.3 is 19.7 Å². The lowest BCUT2D eigenvalue weighted by atomic mass is 10.0. The number of carbonyl (C=O) groups is 2. The summed E-state index contributed by atoms with van der Waals surface area (Å²) in [5.41, 5.74) is 1.05. The number of ether oxygens (including phenoxy) is 2. The van der Waals surface area contributed by atoms with Crippen molar-refractivity contribution in [2.75, 3.05) is 27.3 Å². The van der Waals surface area contributed by atoms with Crippen molar-refractivity contribution in [1.29, 1.82) is 0 Å². The molecule has 1 aliphatic heterocycles. The summed E-state index contributed by atoms with van der Waals surface area (Å²) >= 11 is 0. The summed E-state index contributed by atoms with van der Waals surface area (Å²) in [4.78, 5) is 26.8. The number of nitrogens with zero attached hydrogens (tertiary/aromatic N) is 1. The molecule has 0 radical (unpaired) electrons. The van der Waals surface area contributed by atoms with Crippen LogP contribution in [0.1, 0.15) is 35.2 Å². The third-order valence-corrected chi connectivity index (χ3v) is 5.39. The summed E-state index contributed by atoms with van der Waals surface area (Å²) in [6, 6.07) is 11.6. The Labute approximate surface area is 176 Å². The highest BCUT2D eigenvalue weighted by molar-refractivity contribution is 5.95. The van der Waals surface area contributed by atoms with E-state index in [1.165, 1.54) is 13.2 Å². The van der Waals surface area contributed by atoms with Gasteiger partial charge in [0, 0.05) is 31.1 Å². The van der Waals surface area contributed by atoms with E-state index in [0.717, 1.165) is 0 Å². The summed E-state index contributed by atoms with van der Waals surface area (Å²) in [5.74, 6) is 0.627. The van der Waals surface area contributed by atoms with E-state index >= 15 is 0 Å². The van der Waals surface area contributed by atoms with Gasteiger partial charge in [-0.05, 0) is 49.1 Å². The van der Waals surface area contributed by atoms with Gasteiger partial charge in [-0.1, -0.05) is 18.2 Å². The quantitative estimate of drug-likeness (QED) is 0.756. The molecule has 0 aromatic heterocycles. The number of rotatable bonds is 7. The molecule has 2 amide bonds. The Balaban J connectivity index is 1.47. The van der Waals surface area contributed by atoms with Crippen LogP contribution in [0.5, 0.6) is 11.5 Å². The Morgan fingerprint density at radius 2 is 1.77 bits per heavy atom. The van der Waals surface area contributed by atoms with Crippen LogP contribution >= 0.6 is 0 Å². The number of carbonyl (C=O) groups excluding carboxylic acids is 2. The largest absolute Gasteiger partial charge is 0.493 e. The molecule has 1 fully saturated rings. The fourth-order valence-electron chi connectivity index (χ4n) is 3.62. The van der Waals surface area contributed by atoms with Gasteiger partial charge in [-0.25, -0.2) is 4.39 Å². The average Bonchev–Trinajstić information content (AvgIpc) is 2.78. The van der Waals surface area contributed by atoms with Crippen LogP contribution in [0.15, 0.2) is 42.5 Å². The summed E-state index contributed by atoms with van der Waals surface area (Å²) in [5, 5.41) is 3.03. The summed E-state index contributed by atoms with van der Waals surface area (Å²) in [6.45, 7) is 1.15. The second-order valence-corrected chi connectivity index (χ2v) is 7.29. The normalized spacial score (nSPS) is 14.3. The van der Waals surface area contributed by atoms with Crippen LogP contribution in [0.2, 0.25) is 0 Å². The molecular weight excluding hydrogens is 387 g/mol. The predicted molar refractivity (Wildman–Crippen MR) is 111 cm³/mol. The van der Waals surface area contributed by atoms with Gasteiger partial charge in [-0.3, -0.25) is 9.59 Å². The highest BCUT2D eigenvalue weighted by atomic mass is 19.1. The van der Waals surface area contributed by atoms with E-state index in [4.69, 9.17) is 9.47 Å².